The van der Waals surface area contributed by atoms with Crippen LogP contribution in [-0.4, -0.2) is 30.9 Å². The lowest BCUT2D eigenvalue weighted by Crippen LogP contribution is -2.25. The van der Waals surface area contributed by atoms with E-state index in [0.29, 0.717) is 17.1 Å². The van der Waals surface area contributed by atoms with Gasteiger partial charge in [-0.1, -0.05) is 6.07 Å². The Morgan fingerprint density at radius 3 is 2.87 bits per heavy atom. The zero-order valence-electron chi connectivity index (χ0n) is 12.4. The number of ketones is 1. The third kappa shape index (κ3) is 4.17. The molecule has 0 saturated carbocycles. The van der Waals surface area contributed by atoms with E-state index < -0.39 is 24.3 Å². The Morgan fingerprint density at radius 1 is 1.43 bits per heavy atom. The zero-order chi connectivity index (χ0) is 16.8. The number of rotatable bonds is 6. The molecule has 1 unspecified atom stereocenters. The van der Waals surface area contributed by atoms with Crippen molar-refractivity contribution in [3.63, 3.8) is 0 Å². The van der Waals surface area contributed by atoms with E-state index in [2.05, 4.69) is 0 Å². The summed E-state index contributed by atoms with van der Waals surface area (Å²) < 4.78 is 15.2. The summed E-state index contributed by atoms with van der Waals surface area (Å²) in [5.41, 5.74) is 0.632. The van der Waals surface area contributed by atoms with Crippen LogP contribution in [-0.2, 0) is 14.3 Å². The molecule has 1 atom stereocenters. The fraction of sp³-hybridized carbons (Fsp3) is 0.250. The van der Waals surface area contributed by atoms with Crippen molar-refractivity contribution in [1.82, 2.24) is 0 Å². The molecule has 0 fully saturated rings. The van der Waals surface area contributed by atoms with E-state index in [1.165, 1.54) is 19.1 Å². The van der Waals surface area contributed by atoms with Gasteiger partial charge >= 0.3 is 5.97 Å². The predicted molar refractivity (Wildman–Crippen MR) is 80.1 cm³/mol. The van der Waals surface area contributed by atoms with Crippen molar-refractivity contribution in [3.05, 3.63) is 29.8 Å². The third-order valence-electron chi connectivity index (χ3n) is 3.05. The molecule has 2 rings (SSSR count). The molecule has 1 heterocycles. The highest BCUT2D eigenvalue weighted by Gasteiger charge is 2.21. The van der Waals surface area contributed by atoms with Crippen LogP contribution in [0.5, 0.6) is 11.5 Å². The van der Waals surface area contributed by atoms with E-state index in [1.54, 1.807) is 24.3 Å². The lowest BCUT2D eigenvalue weighted by atomic mass is 10.0. The van der Waals surface area contributed by atoms with Crippen molar-refractivity contribution in [2.24, 2.45) is 5.92 Å². The average Bonchev–Trinajstić information content (AvgIpc) is 2.98. The highest BCUT2D eigenvalue weighted by atomic mass is 16.7. The molecule has 1 aromatic carbocycles. The van der Waals surface area contributed by atoms with Crippen molar-refractivity contribution >= 4 is 23.5 Å². The van der Waals surface area contributed by atoms with Gasteiger partial charge in [-0.05, 0) is 30.7 Å². The summed E-state index contributed by atoms with van der Waals surface area (Å²) in [6.07, 6.45) is 2.68. The molecule has 0 amide bonds. The fourth-order valence-electron chi connectivity index (χ4n) is 1.87. The van der Waals surface area contributed by atoms with Crippen LogP contribution in [0.15, 0.2) is 24.3 Å². The smallest absolute Gasteiger partial charge is 0.331 e. The summed E-state index contributed by atoms with van der Waals surface area (Å²) in [6, 6.07) is 6.87. The van der Waals surface area contributed by atoms with Crippen molar-refractivity contribution < 1.29 is 23.8 Å². The normalized spacial score (nSPS) is 13.4. The molecule has 0 spiro atoms. The highest BCUT2D eigenvalue weighted by Crippen LogP contribution is 2.32. The lowest BCUT2D eigenvalue weighted by Gasteiger charge is -2.05. The summed E-state index contributed by atoms with van der Waals surface area (Å²) in [6.45, 7) is 0.977. The minimum absolute atomic E-state index is 0.0792. The second-order valence-corrected chi connectivity index (χ2v) is 4.77. The molecule has 0 aromatic heterocycles. The topological polar surface area (TPSA) is 109 Å². The number of carbonyl (C=O) groups excluding carboxylic acids is 2. The summed E-state index contributed by atoms with van der Waals surface area (Å²) in [5, 5.41) is 16.1. The average molecular weight is 314 g/mol. The minimum Gasteiger partial charge on any atom is -0.454 e. The third-order valence-corrected chi connectivity index (χ3v) is 3.05. The molecule has 0 radical (unpaired) electrons. The van der Waals surface area contributed by atoms with E-state index in [-0.39, 0.29) is 12.5 Å². The van der Waals surface area contributed by atoms with Crippen LogP contribution in [0.25, 0.3) is 6.08 Å². The monoisotopic (exact) mass is 314 g/mol. The van der Waals surface area contributed by atoms with Crippen molar-refractivity contribution in [2.75, 3.05) is 13.4 Å². The Balaban J connectivity index is 1.88. The Hall–Kier alpha value is -3.14. The number of nitrogens with one attached hydrogen (secondary N) is 1. The summed E-state index contributed by atoms with van der Waals surface area (Å²) >= 11 is 0. The number of Topliss-reactive ketones (excluding diaryl/α,β-unsaturated/α-hetero) is 1. The Kier molecular flexibility index (Phi) is 5.10. The van der Waals surface area contributed by atoms with Gasteiger partial charge in [-0.3, -0.25) is 4.79 Å². The molecular formula is C16H14N2O5. The second-order valence-electron chi connectivity index (χ2n) is 4.77. The first kappa shape index (κ1) is 16.2. The van der Waals surface area contributed by atoms with Gasteiger partial charge in [-0.2, -0.15) is 5.26 Å². The minimum atomic E-state index is -1.18. The molecule has 7 heteroatoms. The summed E-state index contributed by atoms with van der Waals surface area (Å²) in [5.74, 6) is -1.28. The van der Waals surface area contributed by atoms with Gasteiger partial charge in [-0.15, -0.1) is 0 Å². The molecular weight excluding hydrogens is 300 g/mol. The first-order chi connectivity index (χ1) is 11.0. The molecule has 1 aliphatic rings. The molecule has 1 aromatic rings. The van der Waals surface area contributed by atoms with Crippen LogP contribution in [0.3, 0.4) is 0 Å². The van der Waals surface area contributed by atoms with Crippen molar-refractivity contribution in [3.8, 4) is 17.6 Å². The van der Waals surface area contributed by atoms with E-state index in [9.17, 15) is 9.59 Å². The fourth-order valence-corrected chi connectivity index (χ4v) is 1.87. The zero-order valence-corrected chi connectivity index (χ0v) is 12.4. The van der Waals surface area contributed by atoms with Crippen LogP contribution in [0.1, 0.15) is 12.5 Å². The predicted octanol–water partition coefficient (Wildman–Crippen LogP) is 1.72. The number of ether oxygens (including phenoxy) is 3. The summed E-state index contributed by atoms with van der Waals surface area (Å²) in [7, 11) is 0. The van der Waals surface area contributed by atoms with E-state index in [1.807, 2.05) is 0 Å². The number of fused-ring (bicyclic) bond motifs is 1. The molecule has 0 saturated heterocycles. The van der Waals surface area contributed by atoms with Gasteiger partial charge in [0.1, 0.15) is 5.92 Å². The maximum Gasteiger partial charge on any atom is 0.331 e. The van der Waals surface area contributed by atoms with E-state index in [0.717, 1.165) is 0 Å². The van der Waals surface area contributed by atoms with Crippen LogP contribution >= 0.6 is 0 Å². The van der Waals surface area contributed by atoms with Gasteiger partial charge in [0.2, 0.25) is 6.79 Å². The second kappa shape index (κ2) is 7.22. The van der Waals surface area contributed by atoms with Gasteiger partial charge in [0.25, 0.3) is 0 Å². The van der Waals surface area contributed by atoms with Gasteiger partial charge in [0.15, 0.2) is 23.9 Å². The first-order valence-electron chi connectivity index (χ1n) is 6.73. The van der Waals surface area contributed by atoms with Crippen molar-refractivity contribution in [2.45, 2.75) is 6.92 Å². The number of nitrogens with zero attached hydrogens (tertiary/aromatic N) is 1. The van der Waals surface area contributed by atoms with Gasteiger partial charge in [0, 0.05) is 11.8 Å². The first-order valence-corrected chi connectivity index (χ1v) is 6.73. The number of nitriles is 1. The number of esters is 1. The quantitative estimate of drug-likeness (QED) is 0.486. The molecule has 0 bridgehead atoms. The standard InChI is InChI=1S/C16H14N2O5/c1-10(18)12(7-17)13(19)8-21-16(20)5-3-11-2-4-14-15(6-11)23-9-22-14/h2-6,12,18H,8-9H2,1H3/b5-3+,18-10?. The molecule has 1 aliphatic heterocycles. The van der Waals surface area contributed by atoms with E-state index in [4.69, 9.17) is 24.9 Å². The van der Waals surface area contributed by atoms with Crippen LogP contribution < -0.4 is 9.47 Å². The maximum atomic E-state index is 11.6. The number of benzene rings is 1. The molecule has 7 nitrogen and oxygen atoms in total. The SMILES string of the molecule is CC(=N)C(C#N)C(=O)COC(=O)/C=C/c1ccc2c(c1)OCO2. The van der Waals surface area contributed by atoms with Crippen molar-refractivity contribution in [1.29, 1.82) is 10.7 Å². The molecule has 0 aliphatic carbocycles. The van der Waals surface area contributed by atoms with Crippen LogP contribution in [0.2, 0.25) is 0 Å². The van der Waals surface area contributed by atoms with Crippen LogP contribution in [0.4, 0.5) is 0 Å². The molecule has 1 N–H and O–H groups in total. The van der Waals surface area contributed by atoms with Crippen LogP contribution in [0, 0.1) is 22.7 Å². The largest absolute Gasteiger partial charge is 0.454 e. The number of hydrogen-bond donors (Lipinski definition) is 1. The lowest BCUT2D eigenvalue weighted by molar-refractivity contribution is -0.143. The molecule has 23 heavy (non-hydrogen) atoms. The maximum absolute atomic E-state index is 11.6. The number of carbonyl (C=O) groups is 2. The molecule has 118 valence electrons. The Labute approximate surface area is 132 Å². The number of hydrogen-bond acceptors (Lipinski definition) is 7. The summed E-state index contributed by atoms with van der Waals surface area (Å²) in [4.78, 5) is 23.2. The van der Waals surface area contributed by atoms with Gasteiger partial charge in [-0.25, -0.2) is 4.79 Å². The Morgan fingerprint density at radius 2 is 2.17 bits per heavy atom. The van der Waals surface area contributed by atoms with Gasteiger partial charge < -0.3 is 19.6 Å². The van der Waals surface area contributed by atoms with Gasteiger partial charge in [0.05, 0.1) is 6.07 Å². The Bertz CT molecular complexity index is 718. The highest BCUT2D eigenvalue weighted by molar-refractivity contribution is 6.06. The van der Waals surface area contributed by atoms with E-state index >= 15 is 0 Å².